The van der Waals surface area contributed by atoms with E-state index < -0.39 is 5.97 Å². The molecule has 0 N–H and O–H groups in total. The van der Waals surface area contributed by atoms with Gasteiger partial charge in [0.25, 0.3) is 0 Å². The molecule has 3 nitrogen and oxygen atoms in total. The molecule has 0 fully saturated rings. The summed E-state index contributed by atoms with van der Waals surface area (Å²) in [6.07, 6.45) is 1.27. The van der Waals surface area contributed by atoms with E-state index in [1.165, 1.54) is 12.3 Å². The normalized spacial score (nSPS) is 9.70. The van der Waals surface area contributed by atoms with Gasteiger partial charge in [0.15, 0.2) is 5.76 Å². The molecular formula is C6H4ClO3-. The highest BCUT2D eigenvalue weighted by Gasteiger charge is 2.04. The number of carboxylic acids is 1. The monoisotopic (exact) mass is 159 g/mol. The predicted octanol–water partition coefficient (Wildman–Crippen LogP) is 0.382. The van der Waals surface area contributed by atoms with E-state index in [2.05, 4.69) is 4.42 Å². The molecular weight excluding hydrogens is 156 g/mol. The predicted molar refractivity (Wildman–Crippen MR) is 32.6 cm³/mol. The molecule has 0 radical (unpaired) electrons. The maximum absolute atomic E-state index is 10.2. The van der Waals surface area contributed by atoms with E-state index in [9.17, 15) is 9.90 Å². The van der Waals surface area contributed by atoms with Gasteiger partial charge >= 0.3 is 0 Å². The molecule has 0 bridgehead atoms. The summed E-state index contributed by atoms with van der Waals surface area (Å²) >= 11 is 5.37. The van der Waals surface area contributed by atoms with Gasteiger partial charge in [-0.2, -0.15) is 0 Å². The summed E-state index contributed by atoms with van der Waals surface area (Å²) in [5, 5.41) is 10.2. The van der Waals surface area contributed by atoms with Crippen LogP contribution in [-0.2, 0) is 5.88 Å². The Kier molecular flexibility index (Phi) is 1.97. The molecule has 0 saturated carbocycles. The molecule has 1 aromatic rings. The Hall–Kier alpha value is -0.960. The molecule has 54 valence electrons. The van der Waals surface area contributed by atoms with Crippen LogP contribution in [0.4, 0.5) is 0 Å². The molecule has 4 heteroatoms. The van der Waals surface area contributed by atoms with E-state index >= 15 is 0 Å². The summed E-state index contributed by atoms with van der Waals surface area (Å²) in [7, 11) is 0. The summed E-state index contributed by atoms with van der Waals surface area (Å²) in [6.45, 7) is 0. The standard InChI is InChI=1S/C6H5ClO3/c7-3-4-1-2-10-5(4)6(8)9/h1-2H,3H2,(H,8,9)/p-1. The third-order valence-corrected chi connectivity index (χ3v) is 1.36. The number of carbonyl (C=O) groups excluding carboxylic acids is 1. The van der Waals surface area contributed by atoms with Crippen molar-refractivity contribution in [1.82, 2.24) is 0 Å². The van der Waals surface area contributed by atoms with Gasteiger partial charge < -0.3 is 14.3 Å². The van der Waals surface area contributed by atoms with Crippen LogP contribution in [-0.4, -0.2) is 5.97 Å². The Labute approximate surface area is 62.2 Å². The van der Waals surface area contributed by atoms with Gasteiger partial charge in [0, 0.05) is 5.56 Å². The van der Waals surface area contributed by atoms with Crippen molar-refractivity contribution in [1.29, 1.82) is 0 Å². The summed E-state index contributed by atoms with van der Waals surface area (Å²) in [6, 6.07) is 1.50. The number of halogens is 1. The first kappa shape index (κ1) is 7.15. The zero-order valence-electron chi connectivity index (χ0n) is 4.96. The Morgan fingerprint density at radius 2 is 2.50 bits per heavy atom. The van der Waals surface area contributed by atoms with Crippen LogP contribution in [0.3, 0.4) is 0 Å². The lowest BCUT2D eigenvalue weighted by molar-refractivity contribution is -0.257. The van der Waals surface area contributed by atoms with E-state index in [1.807, 2.05) is 0 Å². The quantitative estimate of drug-likeness (QED) is 0.587. The van der Waals surface area contributed by atoms with Gasteiger partial charge in [-0.3, -0.25) is 0 Å². The van der Waals surface area contributed by atoms with Crippen LogP contribution in [0.5, 0.6) is 0 Å². The van der Waals surface area contributed by atoms with Gasteiger partial charge in [-0.05, 0) is 6.07 Å². The minimum absolute atomic E-state index is 0.125. The lowest BCUT2D eigenvalue weighted by Gasteiger charge is -1.97. The first-order valence-electron chi connectivity index (χ1n) is 2.59. The molecule has 1 rings (SSSR count). The minimum Gasteiger partial charge on any atom is -0.542 e. The smallest absolute Gasteiger partial charge is 0.153 e. The highest BCUT2D eigenvalue weighted by molar-refractivity contribution is 6.17. The number of hydrogen-bond donors (Lipinski definition) is 0. The SMILES string of the molecule is O=C([O-])c1occc1CCl. The Morgan fingerprint density at radius 3 is 2.90 bits per heavy atom. The first-order chi connectivity index (χ1) is 4.75. The van der Waals surface area contributed by atoms with Gasteiger partial charge in [0.05, 0.1) is 12.1 Å². The van der Waals surface area contributed by atoms with Crippen molar-refractivity contribution in [3.05, 3.63) is 23.7 Å². The van der Waals surface area contributed by atoms with E-state index in [0.29, 0.717) is 5.56 Å². The molecule has 0 amide bonds. The fraction of sp³-hybridized carbons (Fsp3) is 0.167. The van der Waals surface area contributed by atoms with Crippen molar-refractivity contribution in [2.75, 3.05) is 0 Å². The van der Waals surface area contributed by atoms with Gasteiger partial charge in [-0.1, -0.05) is 0 Å². The fourth-order valence-electron chi connectivity index (χ4n) is 0.620. The summed E-state index contributed by atoms with van der Waals surface area (Å²) < 4.78 is 4.57. The van der Waals surface area contributed by atoms with Crippen LogP contribution in [0, 0.1) is 0 Å². The summed E-state index contributed by atoms with van der Waals surface area (Å²) in [5.41, 5.74) is 0.446. The maximum atomic E-state index is 10.2. The van der Waals surface area contributed by atoms with Gasteiger partial charge in [-0.25, -0.2) is 0 Å². The van der Waals surface area contributed by atoms with Crippen molar-refractivity contribution in [3.8, 4) is 0 Å². The second-order valence-corrected chi connectivity index (χ2v) is 1.96. The third-order valence-electron chi connectivity index (χ3n) is 1.08. The summed E-state index contributed by atoms with van der Waals surface area (Å²) in [5.74, 6) is -1.39. The Balaban J connectivity index is 3.01. The van der Waals surface area contributed by atoms with E-state index in [4.69, 9.17) is 11.6 Å². The summed E-state index contributed by atoms with van der Waals surface area (Å²) in [4.78, 5) is 10.2. The molecule has 0 aliphatic carbocycles. The second kappa shape index (κ2) is 2.75. The Morgan fingerprint density at radius 1 is 1.80 bits per heavy atom. The van der Waals surface area contributed by atoms with Crippen molar-refractivity contribution in [2.24, 2.45) is 0 Å². The van der Waals surface area contributed by atoms with Crippen LogP contribution < -0.4 is 5.11 Å². The number of carbonyl (C=O) groups is 1. The van der Waals surface area contributed by atoms with E-state index in [-0.39, 0.29) is 11.6 Å². The third kappa shape index (κ3) is 1.14. The number of aromatic carboxylic acids is 1. The molecule has 10 heavy (non-hydrogen) atoms. The van der Waals surface area contributed by atoms with Crippen molar-refractivity contribution in [3.63, 3.8) is 0 Å². The van der Waals surface area contributed by atoms with Crippen LogP contribution in [0.1, 0.15) is 16.1 Å². The number of alkyl halides is 1. The number of carboxylic acid groups (broad SMARTS) is 1. The fourth-order valence-corrected chi connectivity index (χ4v) is 0.830. The molecule has 1 aromatic heterocycles. The highest BCUT2D eigenvalue weighted by Crippen LogP contribution is 2.11. The first-order valence-corrected chi connectivity index (χ1v) is 3.13. The van der Waals surface area contributed by atoms with Crippen molar-refractivity contribution >= 4 is 17.6 Å². The zero-order valence-corrected chi connectivity index (χ0v) is 5.72. The number of furan rings is 1. The zero-order chi connectivity index (χ0) is 7.56. The number of hydrogen-bond acceptors (Lipinski definition) is 3. The van der Waals surface area contributed by atoms with Crippen LogP contribution in [0.15, 0.2) is 16.7 Å². The average Bonchev–Trinajstić information content (AvgIpc) is 2.33. The van der Waals surface area contributed by atoms with Crippen LogP contribution in [0.25, 0.3) is 0 Å². The lowest BCUT2D eigenvalue weighted by Crippen LogP contribution is -2.22. The average molecular weight is 160 g/mol. The molecule has 0 unspecified atom stereocenters. The molecule has 0 atom stereocenters. The maximum Gasteiger partial charge on any atom is 0.153 e. The van der Waals surface area contributed by atoms with Crippen LogP contribution >= 0.6 is 11.6 Å². The van der Waals surface area contributed by atoms with Gasteiger partial charge in [0.2, 0.25) is 0 Å². The lowest BCUT2D eigenvalue weighted by atomic mass is 10.3. The second-order valence-electron chi connectivity index (χ2n) is 1.70. The minimum atomic E-state index is -1.33. The number of rotatable bonds is 2. The molecule has 0 spiro atoms. The van der Waals surface area contributed by atoms with Crippen molar-refractivity contribution < 1.29 is 14.3 Å². The topological polar surface area (TPSA) is 53.3 Å². The van der Waals surface area contributed by atoms with E-state index in [1.54, 1.807) is 0 Å². The molecule has 0 aliphatic rings. The van der Waals surface area contributed by atoms with Gasteiger partial charge in [0.1, 0.15) is 5.97 Å². The molecule has 0 aromatic carbocycles. The molecule has 0 aliphatic heterocycles. The largest absolute Gasteiger partial charge is 0.542 e. The Bertz CT molecular complexity index is 241. The highest BCUT2D eigenvalue weighted by atomic mass is 35.5. The van der Waals surface area contributed by atoms with Crippen LogP contribution in [0.2, 0.25) is 0 Å². The van der Waals surface area contributed by atoms with Gasteiger partial charge in [-0.15, -0.1) is 11.6 Å². The van der Waals surface area contributed by atoms with E-state index in [0.717, 1.165) is 0 Å². The van der Waals surface area contributed by atoms with Crippen molar-refractivity contribution in [2.45, 2.75) is 5.88 Å². The molecule has 0 saturated heterocycles. The molecule has 1 heterocycles.